The van der Waals surface area contributed by atoms with Gasteiger partial charge in [-0.05, 0) is 31.4 Å². The Morgan fingerprint density at radius 2 is 1.97 bits per heavy atom. The maximum Gasteiger partial charge on any atom is 0.417 e. The highest BCUT2D eigenvalue weighted by molar-refractivity contribution is 7.13. The Balaban J connectivity index is 1.67. The maximum absolute atomic E-state index is 13.0. The molecule has 1 saturated heterocycles. The quantitative estimate of drug-likeness (QED) is 0.726. The molecular weight excluding hydrogens is 401 g/mol. The third kappa shape index (κ3) is 5.26. The number of carbonyl (C=O) groups is 1. The van der Waals surface area contributed by atoms with Gasteiger partial charge in [-0.2, -0.15) is 13.2 Å². The molecule has 1 amide bonds. The van der Waals surface area contributed by atoms with Gasteiger partial charge in [0.2, 0.25) is 0 Å². The third-order valence-electron chi connectivity index (χ3n) is 4.80. The van der Waals surface area contributed by atoms with Crippen LogP contribution >= 0.6 is 11.3 Å². The minimum atomic E-state index is -4.39. The molecule has 3 heterocycles. The molecule has 2 aromatic rings. The first-order valence-corrected chi connectivity index (χ1v) is 10.5. The minimum absolute atomic E-state index is 0.0164. The molecule has 3 rings (SSSR count). The topological polar surface area (TPSA) is 49.3 Å². The van der Waals surface area contributed by atoms with Crippen molar-refractivity contribution in [1.29, 1.82) is 0 Å². The van der Waals surface area contributed by atoms with Gasteiger partial charge in [-0.15, -0.1) is 11.3 Å². The zero-order chi connectivity index (χ0) is 21.2. The fraction of sp³-hybridized carbons (Fsp3) is 0.550. The number of aryl methyl sites for hydroxylation is 1. The molecule has 9 heteroatoms. The number of anilines is 1. The second-order valence-corrected chi connectivity index (χ2v) is 8.74. The van der Waals surface area contributed by atoms with Gasteiger partial charge in [0.1, 0.15) is 10.7 Å². The van der Waals surface area contributed by atoms with Crippen molar-refractivity contribution in [3.8, 4) is 0 Å². The number of alkyl halides is 3. The van der Waals surface area contributed by atoms with Crippen LogP contribution in [-0.4, -0.2) is 47.0 Å². The number of nitrogens with zero attached hydrogens (tertiary/aromatic N) is 4. The van der Waals surface area contributed by atoms with Gasteiger partial charge in [-0.25, -0.2) is 9.97 Å². The molecule has 0 radical (unpaired) electrons. The first kappa shape index (κ1) is 21.5. The van der Waals surface area contributed by atoms with E-state index in [1.165, 1.54) is 17.4 Å². The number of rotatable bonds is 4. The van der Waals surface area contributed by atoms with E-state index in [1.807, 2.05) is 16.7 Å². The second-order valence-electron chi connectivity index (χ2n) is 7.66. The van der Waals surface area contributed by atoms with Gasteiger partial charge >= 0.3 is 6.18 Å². The van der Waals surface area contributed by atoms with E-state index >= 15 is 0 Å². The summed E-state index contributed by atoms with van der Waals surface area (Å²) in [7, 11) is 0. The van der Waals surface area contributed by atoms with Crippen LogP contribution in [0.5, 0.6) is 0 Å². The van der Waals surface area contributed by atoms with E-state index in [-0.39, 0.29) is 5.91 Å². The van der Waals surface area contributed by atoms with Crippen molar-refractivity contribution < 1.29 is 18.0 Å². The number of thiazole rings is 1. The molecule has 0 unspecified atom stereocenters. The number of hydrogen-bond acceptors (Lipinski definition) is 5. The second kappa shape index (κ2) is 8.69. The van der Waals surface area contributed by atoms with E-state index in [2.05, 4.69) is 23.8 Å². The average Bonchev–Trinajstić information content (AvgIpc) is 2.86. The molecule has 5 nitrogen and oxygen atoms in total. The van der Waals surface area contributed by atoms with E-state index in [4.69, 9.17) is 0 Å². The standard InChI is InChI=1S/C20H25F3N4OS/c1-13(2)11-17-25-14(3)18(29-17)19(28)27-8-4-7-26(9-10-27)16-6-5-15(12-24-16)20(21,22)23/h5-6,12-13H,4,7-11H2,1-3H3. The zero-order valence-electron chi connectivity index (χ0n) is 16.8. The Bertz CT molecular complexity index is 848. The van der Waals surface area contributed by atoms with Crippen molar-refractivity contribution in [2.75, 3.05) is 31.1 Å². The van der Waals surface area contributed by atoms with Gasteiger partial charge in [-0.3, -0.25) is 4.79 Å². The smallest absolute Gasteiger partial charge is 0.355 e. The van der Waals surface area contributed by atoms with Crippen LogP contribution in [0.4, 0.5) is 19.0 Å². The Morgan fingerprint density at radius 3 is 2.59 bits per heavy atom. The molecule has 0 spiro atoms. The van der Waals surface area contributed by atoms with Crippen LogP contribution in [0.2, 0.25) is 0 Å². The van der Waals surface area contributed by atoms with Gasteiger partial charge in [0, 0.05) is 38.8 Å². The SMILES string of the molecule is Cc1nc(CC(C)C)sc1C(=O)N1CCCN(c2ccc(C(F)(F)F)cn2)CC1. The van der Waals surface area contributed by atoms with Crippen LogP contribution in [0.15, 0.2) is 18.3 Å². The Hall–Kier alpha value is -2.16. The number of hydrogen-bond donors (Lipinski definition) is 0. The van der Waals surface area contributed by atoms with Crippen LogP contribution in [0.25, 0.3) is 0 Å². The fourth-order valence-electron chi connectivity index (χ4n) is 3.32. The monoisotopic (exact) mass is 426 g/mol. The lowest BCUT2D eigenvalue weighted by Crippen LogP contribution is -2.35. The van der Waals surface area contributed by atoms with Crippen molar-refractivity contribution in [3.05, 3.63) is 39.5 Å². The summed E-state index contributed by atoms with van der Waals surface area (Å²) in [6.45, 7) is 8.38. The van der Waals surface area contributed by atoms with Gasteiger partial charge in [0.15, 0.2) is 0 Å². The van der Waals surface area contributed by atoms with Crippen LogP contribution in [-0.2, 0) is 12.6 Å². The lowest BCUT2D eigenvalue weighted by atomic mass is 10.1. The summed E-state index contributed by atoms with van der Waals surface area (Å²) in [6.07, 6.45) is -1.95. The number of pyridine rings is 1. The molecule has 0 atom stereocenters. The largest absolute Gasteiger partial charge is 0.417 e. The molecule has 158 valence electrons. The number of aromatic nitrogens is 2. The zero-order valence-corrected chi connectivity index (χ0v) is 17.6. The Morgan fingerprint density at radius 1 is 1.21 bits per heavy atom. The molecule has 0 aliphatic carbocycles. The van der Waals surface area contributed by atoms with Crippen LogP contribution in [0.1, 0.15) is 46.2 Å². The van der Waals surface area contributed by atoms with Crippen LogP contribution in [0.3, 0.4) is 0 Å². The molecule has 1 fully saturated rings. The molecular formula is C20H25F3N4OS. The van der Waals surface area contributed by atoms with Crippen molar-refractivity contribution in [2.45, 2.75) is 39.8 Å². The van der Waals surface area contributed by atoms with Gasteiger partial charge in [-0.1, -0.05) is 13.8 Å². The molecule has 0 bridgehead atoms. The van der Waals surface area contributed by atoms with Gasteiger partial charge in [0.25, 0.3) is 5.91 Å². The highest BCUT2D eigenvalue weighted by atomic mass is 32.1. The number of carbonyl (C=O) groups excluding carboxylic acids is 1. The van der Waals surface area contributed by atoms with Crippen molar-refractivity contribution >= 4 is 23.1 Å². The minimum Gasteiger partial charge on any atom is -0.355 e. The van der Waals surface area contributed by atoms with Gasteiger partial charge < -0.3 is 9.80 Å². The molecule has 1 aliphatic rings. The van der Waals surface area contributed by atoms with Crippen molar-refractivity contribution in [3.63, 3.8) is 0 Å². The molecule has 0 saturated carbocycles. The summed E-state index contributed by atoms with van der Waals surface area (Å²) in [5, 5.41) is 0.978. The van der Waals surface area contributed by atoms with Crippen molar-refractivity contribution in [1.82, 2.24) is 14.9 Å². The summed E-state index contributed by atoms with van der Waals surface area (Å²) in [4.78, 5) is 25.9. The third-order valence-corrected chi connectivity index (χ3v) is 5.97. The lowest BCUT2D eigenvalue weighted by molar-refractivity contribution is -0.137. The summed E-state index contributed by atoms with van der Waals surface area (Å²) < 4.78 is 38.2. The number of halogens is 3. The van der Waals surface area contributed by atoms with E-state index in [1.54, 1.807) is 0 Å². The van der Waals surface area contributed by atoms with Crippen LogP contribution < -0.4 is 4.90 Å². The average molecular weight is 427 g/mol. The first-order chi connectivity index (χ1) is 13.6. The molecule has 29 heavy (non-hydrogen) atoms. The highest BCUT2D eigenvalue weighted by Gasteiger charge is 2.31. The Labute approximate surface area is 172 Å². The fourth-order valence-corrected chi connectivity index (χ4v) is 4.57. The van der Waals surface area contributed by atoms with Crippen molar-refractivity contribution in [2.24, 2.45) is 5.92 Å². The molecule has 2 aromatic heterocycles. The highest BCUT2D eigenvalue weighted by Crippen LogP contribution is 2.29. The van der Waals surface area contributed by atoms with E-state index in [0.29, 0.717) is 42.8 Å². The molecule has 0 aromatic carbocycles. The predicted octanol–water partition coefficient (Wildman–Crippen LogP) is 4.42. The normalized spacial score (nSPS) is 15.7. The molecule has 0 N–H and O–H groups in total. The van der Waals surface area contributed by atoms with E-state index in [0.717, 1.165) is 35.8 Å². The van der Waals surface area contributed by atoms with Crippen LogP contribution in [0, 0.1) is 12.8 Å². The summed E-state index contributed by atoms with van der Waals surface area (Å²) in [5.41, 5.74) is 0.00640. The molecule has 1 aliphatic heterocycles. The number of amides is 1. The lowest BCUT2D eigenvalue weighted by Gasteiger charge is -2.23. The first-order valence-electron chi connectivity index (χ1n) is 9.69. The van der Waals surface area contributed by atoms with Gasteiger partial charge in [0.05, 0.1) is 16.3 Å². The Kier molecular flexibility index (Phi) is 6.45. The predicted molar refractivity (Wildman–Crippen MR) is 107 cm³/mol. The van der Waals surface area contributed by atoms with E-state index in [9.17, 15) is 18.0 Å². The summed E-state index contributed by atoms with van der Waals surface area (Å²) >= 11 is 1.46. The van der Waals surface area contributed by atoms with E-state index < -0.39 is 11.7 Å². The maximum atomic E-state index is 13.0. The summed E-state index contributed by atoms with van der Waals surface area (Å²) in [6, 6.07) is 2.44. The summed E-state index contributed by atoms with van der Waals surface area (Å²) in [5.74, 6) is 0.962.